The fraction of sp³-hybridized carbons (Fsp3) is 0.0556. The minimum Gasteiger partial charge on any atom is -0.488 e. The van der Waals surface area contributed by atoms with Crippen molar-refractivity contribution in [1.29, 1.82) is 0 Å². The van der Waals surface area contributed by atoms with Crippen LogP contribution in [-0.2, 0) is 6.61 Å². The average Bonchev–Trinajstić information content (AvgIpc) is 3.29. The zero-order chi connectivity index (χ0) is 15.9. The molecule has 1 aromatic carbocycles. The molecule has 0 saturated heterocycles. The van der Waals surface area contributed by atoms with E-state index in [1.807, 2.05) is 30.3 Å². The van der Waals surface area contributed by atoms with E-state index in [2.05, 4.69) is 27.3 Å². The summed E-state index contributed by atoms with van der Waals surface area (Å²) >= 11 is 1.65. The predicted octanol–water partition coefficient (Wildman–Crippen LogP) is 4.42. The maximum atomic E-state index is 5.83. The summed E-state index contributed by atoms with van der Waals surface area (Å²) in [6.07, 6.45) is 3.42. The van der Waals surface area contributed by atoms with E-state index in [-0.39, 0.29) is 0 Å². The molecule has 0 fully saturated rings. The van der Waals surface area contributed by atoms with Crippen LogP contribution in [-0.4, -0.2) is 15.2 Å². The highest BCUT2D eigenvalue weighted by atomic mass is 32.1. The van der Waals surface area contributed by atoms with Gasteiger partial charge >= 0.3 is 0 Å². The van der Waals surface area contributed by atoms with Gasteiger partial charge in [-0.25, -0.2) is 0 Å². The Labute approximate surface area is 141 Å². The lowest BCUT2D eigenvalue weighted by Gasteiger charge is -2.16. The number of pyridine rings is 1. The van der Waals surface area contributed by atoms with Crippen molar-refractivity contribution in [2.75, 3.05) is 0 Å². The Morgan fingerprint density at radius 3 is 2.83 bits per heavy atom. The normalized spacial score (nSPS) is 12.3. The molecule has 5 rings (SSSR count). The Bertz CT molecular complexity index is 1020. The van der Waals surface area contributed by atoms with Gasteiger partial charge in [0.1, 0.15) is 12.4 Å². The number of rotatable bonds is 2. The maximum absolute atomic E-state index is 5.83. The lowest BCUT2D eigenvalue weighted by Crippen LogP contribution is -2.01. The molecule has 0 bridgehead atoms. The van der Waals surface area contributed by atoms with Crippen molar-refractivity contribution in [2.24, 2.45) is 0 Å². The van der Waals surface area contributed by atoms with Crippen LogP contribution in [0.2, 0.25) is 0 Å². The van der Waals surface area contributed by atoms with Gasteiger partial charge in [0.05, 0.1) is 10.4 Å². The van der Waals surface area contributed by atoms with E-state index >= 15 is 0 Å². The third-order valence-electron chi connectivity index (χ3n) is 3.87. The van der Waals surface area contributed by atoms with Gasteiger partial charge in [0.2, 0.25) is 5.89 Å². The molecule has 4 heterocycles. The second-order valence-electron chi connectivity index (χ2n) is 5.40. The standard InChI is InChI=1S/C18H11N3O2S/c1-2-6-14-13(5-1)16-12(10-22-14)8-15(24-16)18-21-20-17(23-18)11-4-3-7-19-9-11/h1-9H,10H2. The number of ether oxygens (including phenoxy) is 1. The highest BCUT2D eigenvalue weighted by Crippen LogP contribution is 2.44. The molecule has 0 N–H and O–H groups in total. The van der Waals surface area contributed by atoms with Gasteiger partial charge in [-0.05, 0) is 30.3 Å². The minimum absolute atomic E-state index is 0.473. The van der Waals surface area contributed by atoms with E-state index in [9.17, 15) is 0 Å². The summed E-state index contributed by atoms with van der Waals surface area (Å²) in [5, 5.41) is 8.32. The Hall–Kier alpha value is -2.99. The fourth-order valence-corrected chi connectivity index (χ4v) is 3.85. The van der Waals surface area contributed by atoms with Crippen molar-refractivity contribution in [3.63, 3.8) is 0 Å². The number of benzene rings is 1. The van der Waals surface area contributed by atoms with Gasteiger partial charge in [-0.2, -0.15) is 0 Å². The van der Waals surface area contributed by atoms with Crippen LogP contribution in [0.4, 0.5) is 0 Å². The molecule has 5 nitrogen and oxygen atoms in total. The van der Waals surface area contributed by atoms with Gasteiger partial charge in [-0.3, -0.25) is 4.98 Å². The number of aromatic nitrogens is 3. The quantitative estimate of drug-likeness (QED) is 0.543. The number of hydrogen-bond acceptors (Lipinski definition) is 6. The zero-order valence-corrected chi connectivity index (χ0v) is 13.3. The second-order valence-corrected chi connectivity index (χ2v) is 6.46. The van der Waals surface area contributed by atoms with Crippen LogP contribution >= 0.6 is 11.3 Å². The number of hydrogen-bond donors (Lipinski definition) is 0. The van der Waals surface area contributed by atoms with Crippen LogP contribution in [0.25, 0.3) is 32.7 Å². The summed E-state index contributed by atoms with van der Waals surface area (Å²) in [6, 6.07) is 13.9. The smallest absolute Gasteiger partial charge is 0.258 e. The largest absolute Gasteiger partial charge is 0.488 e. The van der Waals surface area contributed by atoms with Crippen molar-refractivity contribution >= 4 is 11.3 Å². The zero-order valence-electron chi connectivity index (χ0n) is 12.5. The SMILES string of the molecule is c1cncc(-c2nnc(-c3cc4c(s3)-c3ccccc3OC4)o2)c1. The van der Waals surface area contributed by atoms with E-state index in [0.29, 0.717) is 18.4 Å². The lowest BCUT2D eigenvalue weighted by atomic mass is 10.1. The topological polar surface area (TPSA) is 61.0 Å². The number of thiophene rings is 1. The molecule has 0 atom stereocenters. The van der Waals surface area contributed by atoms with Crippen molar-refractivity contribution in [1.82, 2.24) is 15.2 Å². The molecule has 0 saturated carbocycles. The number of fused-ring (bicyclic) bond motifs is 3. The molecule has 24 heavy (non-hydrogen) atoms. The molecule has 1 aliphatic heterocycles. The highest BCUT2D eigenvalue weighted by Gasteiger charge is 2.22. The summed E-state index contributed by atoms with van der Waals surface area (Å²) in [4.78, 5) is 6.23. The molecule has 3 aromatic heterocycles. The van der Waals surface area contributed by atoms with Crippen molar-refractivity contribution in [2.45, 2.75) is 6.61 Å². The van der Waals surface area contributed by atoms with Crippen molar-refractivity contribution in [3.05, 3.63) is 60.4 Å². The van der Waals surface area contributed by atoms with Crippen LogP contribution in [0.3, 0.4) is 0 Å². The van der Waals surface area contributed by atoms with Crippen LogP contribution in [0.15, 0.2) is 59.3 Å². The van der Waals surface area contributed by atoms with Gasteiger partial charge in [0, 0.05) is 28.4 Å². The summed E-state index contributed by atoms with van der Waals surface area (Å²) in [7, 11) is 0. The van der Waals surface area contributed by atoms with Gasteiger partial charge in [-0.1, -0.05) is 12.1 Å². The maximum Gasteiger partial charge on any atom is 0.258 e. The van der Waals surface area contributed by atoms with E-state index in [1.54, 1.807) is 23.7 Å². The molecule has 0 unspecified atom stereocenters. The molecular formula is C18H11N3O2S. The molecule has 116 valence electrons. The van der Waals surface area contributed by atoms with E-state index in [0.717, 1.165) is 27.3 Å². The lowest BCUT2D eigenvalue weighted by molar-refractivity contribution is 0.303. The first kappa shape index (κ1) is 13.4. The van der Waals surface area contributed by atoms with Crippen molar-refractivity contribution in [3.8, 4) is 38.4 Å². The summed E-state index contributed by atoms with van der Waals surface area (Å²) in [5.41, 5.74) is 3.07. The second kappa shape index (κ2) is 5.28. The fourth-order valence-electron chi connectivity index (χ4n) is 2.73. The molecule has 0 aliphatic carbocycles. The Balaban J connectivity index is 1.56. The van der Waals surface area contributed by atoms with Crippen LogP contribution in [0.5, 0.6) is 5.75 Å². The van der Waals surface area contributed by atoms with Crippen LogP contribution in [0, 0.1) is 0 Å². The molecule has 0 amide bonds. The molecule has 4 aromatic rings. The summed E-state index contributed by atoms with van der Waals surface area (Å²) in [5.74, 6) is 1.91. The van der Waals surface area contributed by atoms with E-state index < -0.39 is 0 Å². The molecule has 0 radical (unpaired) electrons. The van der Waals surface area contributed by atoms with E-state index in [1.165, 1.54) is 4.88 Å². The third-order valence-corrected chi connectivity index (χ3v) is 5.07. The van der Waals surface area contributed by atoms with Crippen LogP contribution < -0.4 is 4.74 Å². The Kier molecular flexibility index (Phi) is 2.96. The van der Waals surface area contributed by atoms with Gasteiger partial charge in [0.15, 0.2) is 0 Å². The van der Waals surface area contributed by atoms with Crippen LogP contribution in [0.1, 0.15) is 5.56 Å². The molecule has 6 heteroatoms. The molecular weight excluding hydrogens is 322 g/mol. The summed E-state index contributed by atoms with van der Waals surface area (Å²) < 4.78 is 11.6. The first-order valence-electron chi connectivity index (χ1n) is 7.48. The predicted molar refractivity (Wildman–Crippen MR) is 90.6 cm³/mol. The first-order valence-corrected chi connectivity index (χ1v) is 8.29. The monoisotopic (exact) mass is 333 g/mol. The highest BCUT2D eigenvalue weighted by molar-refractivity contribution is 7.19. The third kappa shape index (κ3) is 2.11. The Morgan fingerprint density at radius 2 is 1.92 bits per heavy atom. The minimum atomic E-state index is 0.473. The number of nitrogens with zero attached hydrogens (tertiary/aromatic N) is 3. The van der Waals surface area contributed by atoms with Gasteiger partial charge < -0.3 is 9.15 Å². The Morgan fingerprint density at radius 1 is 1.00 bits per heavy atom. The van der Waals surface area contributed by atoms with Gasteiger partial charge in [0.25, 0.3) is 5.89 Å². The molecule has 0 spiro atoms. The average molecular weight is 333 g/mol. The molecule has 1 aliphatic rings. The van der Waals surface area contributed by atoms with E-state index in [4.69, 9.17) is 9.15 Å². The first-order chi connectivity index (χ1) is 11.9. The van der Waals surface area contributed by atoms with Gasteiger partial charge in [-0.15, -0.1) is 21.5 Å². The summed E-state index contributed by atoms with van der Waals surface area (Å²) in [6.45, 7) is 0.562. The van der Waals surface area contributed by atoms with Crippen molar-refractivity contribution < 1.29 is 9.15 Å². The number of para-hydroxylation sites is 1.